The summed E-state index contributed by atoms with van der Waals surface area (Å²) in [6.07, 6.45) is 5.57. The number of phosphoric acid groups is 1. The van der Waals surface area contributed by atoms with Crippen molar-refractivity contribution in [1.29, 1.82) is 0 Å². The number of hydrogen-bond acceptors (Lipinski definition) is 16. The van der Waals surface area contributed by atoms with Crippen LogP contribution in [0, 0.1) is 5.92 Å². The molecule has 0 spiro atoms. The third-order valence-corrected chi connectivity index (χ3v) is 12.7. The smallest absolute Gasteiger partial charge is 0.462 e. The van der Waals surface area contributed by atoms with Crippen LogP contribution in [0.15, 0.2) is 36.5 Å². The van der Waals surface area contributed by atoms with Gasteiger partial charge in [-0.15, -0.1) is 0 Å². The van der Waals surface area contributed by atoms with Crippen molar-refractivity contribution in [3.63, 3.8) is 0 Å². The molecule has 0 aliphatic carbocycles. The molecule has 2 aliphatic rings. The van der Waals surface area contributed by atoms with E-state index < -0.39 is 113 Å². The predicted octanol–water partition coefficient (Wildman–Crippen LogP) is 5.50. The first-order valence-electron chi connectivity index (χ1n) is 24.2. The Morgan fingerprint density at radius 1 is 0.815 bits per heavy atom. The number of fused-ring (bicyclic) bond motifs is 4. The van der Waals surface area contributed by atoms with Gasteiger partial charge in [0.1, 0.15) is 43.2 Å². The summed E-state index contributed by atoms with van der Waals surface area (Å²) < 4.78 is 40.2. The number of hydrogen-bond donors (Lipinski definition) is 9. The summed E-state index contributed by atoms with van der Waals surface area (Å²) in [5, 5.41) is 89.2. The Morgan fingerprint density at radius 3 is 2.11 bits per heavy atom. The molecule has 0 aromatic heterocycles. The maximum absolute atomic E-state index is 13.5. The van der Waals surface area contributed by atoms with Crippen molar-refractivity contribution in [2.75, 3.05) is 13.2 Å². The standard InChI is InChI=1S/C47H83O17P/c1-3-5-7-8-9-10-11-12-13-14-15-16-17-18-23-27-39(50)60-32-35-33-61-65(58,59)64-47-45(56)43(54)38(30-29-34(48)25-21-6-4-2)63-41(52)31-37(49)36(42(53)44(55)46(47)57)26-22-19-20-24-28-40(51)62-35/h10-11,19,22,29-30,34-38,41-49,52-57H,3-9,12-18,20-21,23-28,31-33H2,1-2H3,(H,58,59)/b11-10-,22-19-,30-29?/t34-,35+,36-,37-,38+,41?,42+,43+,44-,45+,46+,47+/m0/s1. The van der Waals surface area contributed by atoms with Gasteiger partial charge in [-0.2, -0.15) is 0 Å². The lowest BCUT2D eigenvalue weighted by Crippen LogP contribution is -2.58. The number of ether oxygens (including phenoxy) is 3. The summed E-state index contributed by atoms with van der Waals surface area (Å²) in [4.78, 5) is 36.4. The molecule has 2 bridgehead atoms. The number of carbonyl (C=O) groups excluding carboxylic acids is 2. The molecule has 0 radical (unpaired) electrons. The zero-order valence-corrected chi connectivity index (χ0v) is 39.7. The Labute approximate surface area is 386 Å². The maximum Gasteiger partial charge on any atom is 0.472 e. The average molecular weight is 951 g/mol. The van der Waals surface area contributed by atoms with Gasteiger partial charge < -0.3 is 60.0 Å². The third kappa shape index (κ3) is 25.2. The van der Waals surface area contributed by atoms with E-state index in [1.807, 2.05) is 6.92 Å². The average Bonchev–Trinajstić information content (AvgIpc) is 3.27. The normalized spacial score (nSPS) is 32.7. The van der Waals surface area contributed by atoms with E-state index in [-0.39, 0.29) is 25.7 Å². The van der Waals surface area contributed by atoms with Gasteiger partial charge in [-0.05, 0) is 57.8 Å². The van der Waals surface area contributed by atoms with Gasteiger partial charge in [0.05, 0.1) is 24.9 Å². The van der Waals surface area contributed by atoms with Crippen molar-refractivity contribution in [2.24, 2.45) is 5.92 Å². The van der Waals surface area contributed by atoms with E-state index >= 15 is 0 Å². The lowest BCUT2D eigenvalue weighted by molar-refractivity contribution is -0.213. The SMILES string of the molecule is CCCCCC/C=C\CCCCCCCCCC(=O)OC[C@@H]1COP(=O)(O)O[C@H]2[C@H](O)[C@@H](O)[C@H](O)[C@@H](C/C=C\CCCC(=O)O1)[C@@H](O)CC(O)O[C@H](C=C[C@@H](O)CCCCC)[C@@H](O)[C@H]2O. The topological polar surface area (TPSA) is 279 Å². The number of aliphatic hydroxyl groups is 8. The fourth-order valence-electron chi connectivity index (χ4n) is 7.74. The van der Waals surface area contributed by atoms with Crippen LogP contribution in [-0.2, 0) is 37.4 Å². The monoisotopic (exact) mass is 951 g/mol. The fourth-order valence-corrected chi connectivity index (χ4v) is 8.71. The number of rotatable bonds is 23. The molecular formula is C47H83O17P. The van der Waals surface area contributed by atoms with Gasteiger partial charge in [0.15, 0.2) is 12.4 Å². The van der Waals surface area contributed by atoms with Gasteiger partial charge in [-0.25, -0.2) is 4.57 Å². The number of unbranched alkanes of at least 4 members (excludes halogenated alkanes) is 13. The molecule has 2 unspecified atom stereocenters. The van der Waals surface area contributed by atoms with E-state index in [1.165, 1.54) is 31.8 Å². The number of allylic oxidation sites excluding steroid dienone is 4. The second-order valence-corrected chi connectivity index (χ2v) is 18.9. The van der Waals surface area contributed by atoms with E-state index in [0.717, 1.165) is 70.3 Å². The Balaban J connectivity index is 2.16. The molecule has 18 heteroatoms. The highest BCUT2D eigenvalue weighted by Gasteiger charge is 2.48. The van der Waals surface area contributed by atoms with Crippen molar-refractivity contribution >= 4 is 19.8 Å². The number of phosphoric ester groups is 1. The Hall–Kier alpha value is -2.09. The van der Waals surface area contributed by atoms with Crippen molar-refractivity contribution in [2.45, 2.75) is 229 Å². The molecule has 1 saturated heterocycles. The van der Waals surface area contributed by atoms with Crippen molar-refractivity contribution in [1.82, 2.24) is 0 Å². The minimum atomic E-state index is -5.47. The molecule has 0 saturated carbocycles. The van der Waals surface area contributed by atoms with Crippen LogP contribution in [-0.4, -0.2) is 138 Å². The fraction of sp³-hybridized carbons (Fsp3) is 0.830. The number of aliphatic hydroxyl groups excluding tert-OH is 8. The van der Waals surface area contributed by atoms with E-state index in [1.54, 1.807) is 12.2 Å². The van der Waals surface area contributed by atoms with Gasteiger partial charge >= 0.3 is 19.8 Å². The summed E-state index contributed by atoms with van der Waals surface area (Å²) >= 11 is 0. The molecule has 1 fully saturated rings. The first-order valence-corrected chi connectivity index (χ1v) is 25.7. The summed E-state index contributed by atoms with van der Waals surface area (Å²) in [5.74, 6) is -2.61. The van der Waals surface area contributed by atoms with Gasteiger partial charge in [0.25, 0.3) is 0 Å². The maximum atomic E-state index is 13.5. The van der Waals surface area contributed by atoms with Crippen LogP contribution in [0.1, 0.15) is 162 Å². The summed E-state index contributed by atoms with van der Waals surface area (Å²) in [5.41, 5.74) is 0. The molecule has 2 heterocycles. The molecule has 378 valence electrons. The molecule has 0 amide bonds. The van der Waals surface area contributed by atoms with Crippen molar-refractivity contribution in [3.05, 3.63) is 36.5 Å². The van der Waals surface area contributed by atoms with Gasteiger partial charge in [-0.3, -0.25) is 18.6 Å². The molecule has 2 aliphatic heterocycles. The molecule has 13 atom stereocenters. The second kappa shape index (κ2) is 34.2. The molecule has 0 aromatic rings. The minimum Gasteiger partial charge on any atom is -0.462 e. The van der Waals surface area contributed by atoms with E-state index in [0.29, 0.717) is 25.7 Å². The number of carbonyl (C=O) groups is 2. The lowest BCUT2D eigenvalue weighted by Gasteiger charge is -2.39. The second-order valence-electron chi connectivity index (χ2n) is 17.5. The lowest BCUT2D eigenvalue weighted by atomic mass is 9.83. The van der Waals surface area contributed by atoms with Gasteiger partial charge in [-0.1, -0.05) is 121 Å². The zero-order valence-electron chi connectivity index (χ0n) is 38.8. The molecule has 2 rings (SSSR count). The molecular weight excluding hydrogens is 867 g/mol. The molecule has 0 aromatic carbocycles. The highest BCUT2D eigenvalue weighted by Crippen LogP contribution is 2.47. The van der Waals surface area contributed by atoms with E-state index in [2.05, 4.69) is 19.1 Å². The van der Waals surface area contributed by atoms with Crippen LogP contribution in [0.2, 0.25) is 0 Å². The zero-order chi connectivity index (χ0) is 48.0. The van der Waals surface area contributed by atoms with Crippen LogP contribution in [0.3, 0.4) is 0 Å². The van der Waals surface area contributed by atoms with Crippen molar-refractivity contribution in [3.8, 4) is 0 Å². The molecule has 65 heavy (non-hydrogen) atoms. The first kappa shape index (κ1) is 59.0. The first-order chi connectivity index (χ1) is 31.1. The third-order valence-electron chi connectivity index (χ3n) is 11.8. The van der Waals surface area contributed by atoms with Crippen LogP contribution in [0.5, 0.6) is 0 Å². The van der Waals surface area contributed by atoms with Crippen LogP contribution >= 0.6 is 7.82 Å². The number of esters is 2. The van der Waals surface area contributed by atoms with Gasteiger partial charge in [0.2, 0.25) is 0 Å². The quantitative estimate of drug-likeness (QED) is 0.0265. The Morgan fingerprint density at radius 2 is 1.43 bits per heavy atom. The summed E-state index contributed by atoms with van der Waals surface area (Å²) in [7, 11) is -5.47. The predicted molar refractivity (Wildman–Crippen MR) is 243 cm³/mol. The highest BCUT2D eigenvalue weighted by molar-refractivity contribution is 7.47. The van der Waals surface area contributed by atoms with E-state index in [9.17, 15) is 59.9 Å². The van der Waals surface area contributed by atoms with Crippen LogP contribution in [0.25, 0.3) is 0 Å². The Bertz CT molecular complexity index is 1410. The molecule has 17 nitrogen and oxygen atoms in total. The Kier molecular flexibility index (Phi) is 31.1. The summed E-state index contributed by atoms with van der Waals surface area (Å²) in [6, 6.07) is 0. The largest absolute Gasteiger partial charge is 0.472 e. The van der Waals surface area contributed by atoms with Crippen molar-refractivity contribution < 1.29 is 83.2 Å². The van der Waals surface area contributed by atoms with Crippen LogP contribution in [0.4, 0.5) is 0 Å². The van der Waals surface area contributed by atoms with Gasteiger partial charge in [0, 0.05) is 25.2 Å². The molecule has 9 N–H and O–H groups in total. The van der Waals surface area contributed by atoms with Crippen LogP contribution < -0.4 is 0 Å². The van der Waals surface area contributed by atoms with E-state index in [4.69, 9.17) is 23.3 Å². The summed E-state index contributed by atoms with van der Waals surface area (Å²) in [6.45, 7) is 2.77. The number of cyclic esters (lactones) is 1. The minimum absolute atomic E-state index is 0.0963. The highest BCUT2D eigenvalue weighted by atomic mass is 31.2.